The van der Waals surface area contributed by atoms with Crippen LogP contribution in [-0.4, -0.2) is 57.9 Å². The fraction of sp³-hybridized carbons (Fsp3) is 0.476. The lowest BCUT2D eigenvalue weighted by atomic mass is 9.85. The lowest BCUT2D eigenvalue weighted by Gasteiger charge is -2.29. The van der Waals surface area contributed by atoms with Gasteiger partial charge >= 0.3 is 5.97 Å². The van der Waals surface area contributed by atoms with Gasteiger partial charge in [0.1, 0.15) is 17.2 Å². The highest BCUT2D eigenvalue weighted by atomic mass is 16.4. The first-order chi connectivity index (χ1) is 14.7. The average molecular weight is 407 g/mol. The lowest BCUT2D eigenvalue weighted by molar-refractivity contribution is -0.129. The first-order valence-electron chi connectivity index (χ1n) is 10.6. The number of piperazine rings is 1. The zero-order valence-electron chi connectivity index (χ0n) is 16.7. The summed E-state index contributed by atoms with van der Waals surface area (Å²) in [6, 6.07) is 3.96. The Morgan fingerprint density at radius 3 is 2.63 bits per heavy atom. The molecule has 4 heterocycles. The van der Waals surface area contributed by atoms with E-state index in [9.17, 15) is 9.90 Å². The third-order valence-corrected chi connectivity index (χ3v) is 6.19. The van der Waals surface area contributed by atoms with Crippen molar-refractivity contribution < 1.29 is 9.90 Å². The monoisotopic (exact) mass is 407 g/mol. The predicted octanol–water partition coefficient (Wildman–Crippen LogP) is 2.47. The van der Waals surface area contributed by atoms with Crippen molar-refractivity contribution in [3.63, 3.8) is 0 Å². The number of nitrogens with one attached hydrogen (secondary N) is 2. The molecule has 3 aliphatic rings. The number of aliphatic imine (C=N–C) groups is 1. The van der Waals surface area contributed by atoms with Crippen LogP contribution in [-0.2, 0) is 4.79 Å². The van der Waals surface area contributed by atoms with Gasteiger partial charge in [-0.2, -0.15) is 0 Å². The molecule has 2 aromatic rings. The molecule has 5 rings (SSSR count). The second kappa shape index (κ2) is 7.98. The SMILES string of the molecule is O=C(O)C1=Nc2cnc(Nc3ccc(N4CCNCC4)cn3)nc2C1C1CCCC1. The van der Waals surface area contributed by atoms with Gasteiger partial charge in [0, 0.05) is 26.2 Å². The molecule has 30 heavy (non-hydrogen) atoms. The Morgan fingerprint density at radius 2 is 1.93 bits per heavy atom. The van der Waals surface area contributed by atoms with Crippen LogP contribution in [0, 0.1) is 5.92 Å². The summed E-state index contributed by atoms with van der Waals surface area (Å²) < 4.78 is 0. The maximum Gasteiger partial charge on any atom is 0.350 e. The molecule has 0 spiro atoms. The van der Waals surface area contributed by atoms with Crippen molar-refractivity contribution in [3.8, 4) is 0 Å². The smallest absolute Gasteiger partial charge is 0.350 e. The first-order valence-corrected chi connectivity index (χ1v) is 10.6. The predicted molar refractivity (Wildman–Crippen MR) is 114 cm³/mol. The van der Waals surface area contributed by atoms with Gasteiger partial charge in [-0.15, -0.1) is 0 Å². The number of rotatable bonds is 5. The van der Waals surface area contributed by atoms with E-state index in [-0.39, 0.29) is 17.5 Å². The Balaban J connectivity index is 1.35. The van der Waals surface area contributed by atoms with Crippen molar-refractivity contribution in [2.24, 2.45) is 10.9 Å². The number of carboxylic acid groups (broad SMARTS) is 1. The van der Waals surface area contributed by atoms with Crippen molar-refractivity contribution in [3.05, 3.63) is 30.2 Å². The van der Waals surface area contributed by atoms with Gasteiger partial charge in [0.2, 0.25) is 5.95 Å². The number of fused-ring (bicyclic) bond motifs is 1. The van der Waals surface area contributed by atoms with E-state index in [1.807, 2.05) is 18.3 Å². The van der Waals surface area contributed by atoms with Crippen LogP contribution in [0.1, 0.15) is 37.3 Å². The van der Waals surface area contributed by atoms with Crippen LogP contribution < -0.4 is 15.5 Å². The lowest BCUT2D eigenvalue weighted by Crippen LogP contribution is -2.43. The summed E-state index contributed by atoms with van der Waals surface area (Å²) in [6.07, 6.45) is 7.74. The summed E-state index contributed by atoms with van der Waals surface area (Å²) in [5.74, 6) is 0.126. The highest BCUT2D eigenvalue weighted by Crippen LogP contribution is 2.44. The van der Waals surface area contributed by atoms with E-state index in [1.54, 1.807) is 6.20 Å². The van der Waals surface area contributed by atoms with E-state index in [2.05, 4.69) is 35.5 Å². The number of hydrogen-bond acceptors (Lipinski definition) is 8. The molecule has 2 aromatic heterocycles. The molecule has 1 aliphatic carbocycles. The maximum absolute atomic E-state index is 11.8. The van der Waals surface area contributed by atoms with Crippen LogP contribution in [0.2, 0.25) is 0 Å². The zero-order chi connectivity index (χ0) is 20.5. The van der Waals surface area contributed by atoms with Crippen molar-refractivity contribution >= 4 is 34.8 Å². The molecule has 0 amide bonds. The summed E-state index contributed by atoms with van der Waals surface area (Å²) in [4.78, 5) is 31.9. The quantitative estimate of drug-likeness (QED) is 0.692. The topological polar surface area (TPSA) is 116 Å². The van der Waals surface area contributed by atoms with Crippen LogP contribution in [0.3, 0.4) is 0 Å². The average Bonchev–Trinajstić information content (AvgIpc) is 3.42. The van der Waals surface area contributed by atoms with E-state index in [0.717, 1.165) is 57.5 Å². The van der Waals surface area contributed by atoms with E-state index in [4.69, 9.17) is 0 Å². The molecule has 0 aromatic carbocycles. The molecule has 1 saturated heterocycles. The van der Waals surface area contributed by atoms with Crippen molar-refractivity contribution in [2.45, 2.75) is 31.6 Å². The van der Waals surface area contributed by atoms with E-state index >= 15 is 0 Å². The Bertz CT molecular complexity index is 964. The number of carboxylic acids is 1. The van der Waals surface area contributed by atoms with Gasteiger partial charge in [-0.1, -0.05) is 12.8 Å². The third kappa shape index (κ3) is 3.60. The van der Waals surface area contributed by atoms with Crippen LogP contribution in [0.15, 0.2) is 29.5 Å². The van der Waals surface area contributed by atoms with Crippen LogP contribution >= 0.6 is 0 Å². The van der Waals surface area contributed by atoms with Gasteiger partial charge < -0.3 is 20.6 Å². The summed E-state index contributed by atoms with van der Waals surface area (Å²) in [6.45, 7) is 3.89. The molecule has 156 valence electrons. The molecule has 2 fully saturated rings. The summed E-state index contributed by atoms with van der Waals surface area (Å²) >= 11 is 0. The van der Waals surface area contributed by atoms with Gasteiger partial charge in [0.05, 0.1) is 29.7 Å². The molecule has 1 unspecified atom stereocenters. The van der Waals surface area contributed by atoms with Gasteiger partial charge in [0.25, 0.3) is 0 Å². The second-order valence-electron chi connectivity index (χ2n) is 8.05. The maximum atomic E-state index is 11.8. The Kier molecular flexibility index (Phi) is 5.04. The van der Waals surface area contributed by atoms with Gasteiger partial charge in [0.15, 0.2) is 0 Å². The largest absolute Gasteiger partial charge is 0.477 e. The van der Waals surface area contributed by atoms with E-state index < -0.39 is 5.97 Å². The number of anilines is 3. The molecular formula is C21H25N7O2. The van der Waals surface area contributed by atoms with Crippen molar-refractivity contribution in [2.75, 3.05) is 36.4 Å². The summed E-state index contributed by atoms with van der Waals surface area (Å²) in [5, 5.41) is 16.1. The highest BCUT2D eigenvalue weighted by Gasteiger charge is 2.40. The number of nitrogens with zero attached hydrogens (tertiary/aromatic N) is 5. The standard InChI is InChI=1S/C21H25N7O2/c29-20(30)19-17(13-3-1-2-4-13)18-15(25-19)12-24-21(27-18)26-16-6-5-14(11-23-16)28-9-7-22-8-10-28/h5-6,11-13,17,22H,1-4,7-10H2,(H,29,30)(H,23,24,26,27). The minimum Gasteiger partial charge on any atom is -0.477 e. The van der Waals surface area contributed by atoms with Crippen LogP contribution in [0.25, 0.3) is 0 Å². The zero-order valence-corrected chi connectivity index (χ0v) is 16.7. The first kappa shape index (κ1) is 18.9. The number of aliphatic carboxylic acids is 1. The minimum absolute atomic E-state index is 0.196. The molecular weight excluding hydrogens is 382 g/mol. The Morgan fingerprint density at radius 1 is 1.13 bits per heavy atom. The highest BCUT2D eigenvalue weighted by molar-refractivity contribution is 6.39. The molecule has 9 heteroatoms. The number of pyridine rings is 1. The summed E-state index contributed by atoms with van der Waals surface area (Å²) in [5.41, 5.74) is 2.57. The third-order valence-electron chi connectivity index (χ3n) is 6.19. The molecule has 0 radical (unpaired) electrons. The van der Waals surface area contributed by atoms with Gasteiger partial charge in [-0.05, 0) is 30.9 Å². The second-order valence-corrected chi connectivity index (χ2v) is 8.05. The van der Waals surface area contributed by atoms with Gasteiger partial charge in [-0.3, -0.25) is 0 Å². The minimum atomic E-state index is -0.968. The Hall–Kier alpha value is -3.07. The molecule has 2 aliphatic heterocycles. The van der Waals surface area contributed by atoms with Crippen molar-refractivity contribution in [1.82, 2.24) is 20.3 Å². The summed E-state index contributed by atoms with van der Waals surface area (Å²) in [7, 11) is 0. The molecule has 3 N–H and O–H groups in total. The molecule has 0 bridgehead atoms. The number of hydrogen-bond donors (Lipinski definition) is 3. The fourth-order valence-corrected chi connectivity index (χ4v) is 4.70. The van der Waals surface area contributed by atoms with E-state index in [1.165, 1.54) is 0 Å². The number of aromatic nitrogens is 3. The van der Waals surface area contributed by atoms with Crippen LogP contribution in [0.5, 0.6) is 0 Å². The van der Waals surface area contributed by atoms with Crippen LogP contribution in [0.4, 0.5) is 23.1 Å². The normalized spacial score (nSPS) is 21.4. The molecule has 1 atom stereocenters. The number of carbonyl (C=O) groups is 1. The van der Waals surface area contributed by atoms with Gasteiger partial charge in [-0.25, -0.2) is 24.7 Å². The molecule has 9 nitrogen and oxygen atoms in total. The molecule has 1 saturated carbocycles. The Labute approximate surface area is 174 Å². The van der Waals surface area contributed by atoms with E-state index in [0.29, 0.717) is 23.1 Å². The van der Waals surface area contributed by atoms with Crippen molar-refractivity contribution in [1.29, 1.82) is 0 Å². The fourth-order valence-electron chi connectivity index (χ4n) is 4.70.